The third-order valence-corrected chi connectivity index (χ3v) is 4.10. The van der Waals surface area contributed by atoms with Crippen LogP contribution in [0.25, 0.3) is 0 Å². The molecule has 3 N–H and O–H groups in total. The Morgan fingerprint density at radius 3 is 2.65 bits per heavy atom. The van der Waals surface area contributed by atoms with E-state index in [0.29, 0.717) is 18.1 Å². The molecular weight excluding hydrogens is 276 g/mol. The lowest BCUT2D eigenvalue weighted by Crippen LogP contribution is -2.38. The molecule has 0 saturated heterocycles. The number of nitrogens with two attached hydrogens (primary N) is 1. The lowest BCUT2D eigenvalue weighted by atomic mass is 9.91. The van der Waals surface area contributed by atoms with Crippen molar-refractivity contribution in [2.45, 2.75) is 50.7 Å². The van der Waals surface area contributed by atoms with Gasteiger partial charge in [0.15, 0.2) is 0 Å². The summed E-state index contributed by atoms with van der Waals surface area (Å²) in [5, 5.41) is 3.71. The zero-order chi connectivity index (χ0) is 12.3. The maximum absolute atomic E-state index is 5.92. The van der Waals surface area contributed by atoms with E-state index >= 15 is 0 Å². The first-order valence-electron chi connectivity index (χ1n) is 6.42. The summed E-state index contributed by atoms with van der Waals surface area (Å²) in [4.78, 5) is 0. The smallest absolute Gasteiger partial charge is 0.0294 e. The van der Waals surface area contributed by atoms with Gasteiger partial charge >= 0.3 is 0 Å². The van der Waals surface area contributed by atoms with Crippen LogP contribution in [0.15, 0.2) is 28.7 Å². The van der Waals surface area contributed by atoms with Crippen LogP contribution in [0.3, 0.4) is 0 Å². The Hall–Kier alpha value is -0.380. The highest BCUT2D eigenvalue weighted by Gasteiger charge is 2.20. The van der Waals surface area contributed by atoms with Gasteiger partial charge in [-0.3, -0.25) is 0 Å². The van der Waals surface area contributed by atoms with Gasteiger partial charge in [-0.2, -0.15) is 0 Å². The van der Waals surface area contributed by atoms with Crippen LogP contribution in [0.1, 0.15) is 44.2 Å². The lowest BCUT2D eigenvalue weighted by Gasteiger charge is -2.29. The van der Waals surface area contributed by atoms with Crippen LogP contribution < -0.4 is 11.1 Å². The summed E-state index contributed by atoms with van der Waals surface area (Å²) in [7, 11) is 0. The van der Waals surface area contributed by atoms with Crippen molar-refractivity contribution in [2.75, 3.05) is 0 Å². The molecule has 1 aromatic rings. The second kappa shape index (κ2) is 5.98. The van der Waals surface area contributed by atoms with E-state index in [9.17, 15) is 0 Å². The van der Waals surface area contributed by atoms with Gasteiger partial charge in [-0.25, -0.2) is 0 Å². The molecule has 0 spiro atoms. The maximum Gasteiger partial charge on any atom is 0.0294 e. The molecule has 0 heterocycles. The van der Waals surface area contributed by atoms with Crippen LogP contribution in [0, 0.1) is 0 Å². The van der Waals surface area contributed by atoms with E-state index in [1.807, 2.05) is 0 Å². The number of halogens is 1. The van der Waals surface area contributed by atoms with Crippen LogP contribution in [0.4, 0.5) is 0 Å². The summed E-state index contributed by atoms with van der Waals surface area (Å²) < 4.78 is 1.15. The van der Waals surface area contributed by atoms with Crippen LogP contribution in [-0.2, 0) is 0 Å². The minimum Gasteiger partial charge on any atom is -0.328 e. The molecule has 1 aliphatic rings. The fourth-order valence-electron chi connectivity index (χ4n) is 2.51. The summed E-state index contributed by atoms with van der Waals surface area (Å²) in [6.07, 6.45) is 4.73. The number of rotatable bonds is 3. The second-order valence-electron chi connectivity index (χ2n) is 5.06. The Kier molecular flexibility index (Phi) is 4.60. The SMILES string of the molecule is C[C@H](NC1CCC(N)CC1)c1cccc(Br)c1. The second-order valence-corrected chi connectivity index (χ2v) is 5.97. The third kappa shape index (κ3) is 3.80. The molecular formula is C14H21BrN2. The van der Waals surface area contributed by atoms with Crippen molar-refractivity contribution in [3.8, 4) is 0 Å². The van der Waals surface area contributed by atoms with E-state index in [0.717, 1.165) is 17.3 Å². The predicted molar refractivity (Wildman–Crippen MR) is 75.9 cm³/mol. The van der Waals surface area contributed by atoms with Gasteiger partial charge in [0.1, 0.15) is 0 Å². The highest BCUT2D eigenvalue weighted by atomic mass is 79.9. The molecule has 1 aromatic carbocycles. The van der Waals surface area contributed by atoms with Gasteiger partial charge in [0.05, 0.1) is 0 Å². The van der Waals surface area contributed by atoms with Crippen molar-refractivity contribution < 1.29 is 0 Å². The first-order chi connectivity index (χ1) is 8.15. The molecule has 0 aromatic heterocycles. The Morgan fingerprint density at radius 1 is 1.29 bits per heavy atom. The van der Waals surface area contributed by atoms with Crippen molar-refractivity contribution in [1.29, 1.82) is 0 Å². The van der Waals surface area contributed by atoms with Gasteiger partial charge in [0, 0.05) is 22.6 Å². The molecule has 1 fully saturated rings. The van der Waals surface area contributed by atoms with Gasteiger partial charge in [0.25, 0.3) is 0 Å². The standard InChI is InChI=1S/C14H21BrN2/c1-10(11-3-2-4-12(15)9-11)17-14-7-5-13(16)6-8-14/h2-4,9-10,13-14,17H,5-8,16H2,1H3/t10-,13?,14?/m0/s1. The summed E-state index contributed by atoms with van der Waals surface area (Å²) in [6, 6.07) is 9.98. The minimum atomic E-state index is 0.409. The summed E-state index contributed by atoms with van der Waals surface area (Å²) in [6.45, 7) is 2.23. The number of hydrogen-bond donors (Lipinski definition) is 2. The molecule has 0 unspecified atom stereocenters. The van der Waals surface area contributed by atoms with Crippen molar-refractivity contribution in [3.63, 3.8) is 0 Å². The Morgan fingerprint density at radius 2 is 2.00 bits per heavy atom. The van der Waals surface area contributed by atoms with Crippen molar-refractivity contribution in [1.82, 2.24) is 5.32 Å². The highest BCUT2D eigenvalue weighted by molar-refractivity contribution is 9.10. The molecule has 1 saturated carbocycles. The first kappa shape index (κ1) is 13.1. The molecule has 0 radical (unpaired) electrons. The van der Waals surface area contributed by atoms with Crippen LogP contribution >= 0.6 is 15.9 Å². The highest BCUT2D eigenvalue weighted by Crippen LogP contribution is 2.22. The molecule has 3 heteroatoms. The van der Waals surface area contributed by atoms with Gasteiger partial charge < -0.3 is 11.1 Å². The minimum absolute atomic E-state index is 0.409. The molecule has 0 bridgehead atoms. The fraction of sp³-hybridized carbons (Fsp3) is 0.571. The average Bonchev–Trinajstić information content (AvgIpc) is 2.32. The molecule has 0 aliphatic heterocycles. The van der Waals surface area contributed by atoms with Crippen LogP contribution in [-0.4, -0.2) is 12.1 Å². The Balaban J connectivity index is 1.90. The summed E-state index contributed by atoms with van der Waals surface area (Å²) in [5.74, 6) is 0. The van der Waals surface area contributed by atoms with E-state index < -0.39 is 0 Å². The number of benzene rings is 1. The molecule has 1 atom stereocenters. The monoisotopic (exact) mass is 296 g/mol. The maximum atomic E-state index is 5.92. The van der Waals surface area contributed by atoms with E-state index in [4.69, 9.17) is 5.73 Å². The van der Waals surface area contributed by atoms with Crippen molar-refractivity contribution in [2.24, 2.45) is 5.73 Å². The van der Waals surface area contributed by atoms with Gasteiger partial charge in [0.2, 0.25) is 0 Å². The quantitative estimate of drug-likeness (QED) is 0.897. The van der Waals surface area contributed by atoms with E-state index in [2.05, 4.69) is 52.4 Å². The van der Waals surface area contributed by atoms with Crippen molar-refractivity contribution >= 4 is 15.9 Å². The van der Waals surface area contributed by atoms with Gasteiger partial charge in [-0.1, -0.05) is 28.1 Å². The third-order valence-electron chi connectivity index (χ3n) is 3.61. The molecule has 17 heavy (non-hydrogen) atoms. The topological polar surface area (TPSA) is 38.0 Å². The zero-order valence-corrected chi connectivity index (χ0v) is 11.9. The first-order valence-corrected chi connectivity index (χ1v) is 7.21. The summed E-state index contributed by atoms with van der Waals surface area (Å²) >= 11 is 3.52. The van der Waals surface area contributed by atoms with E-state index in [1.54, 1.807) is 0 Å². The predicted octanol–water partition coefficient (Wildman–Crippen LogP) is 3.37. The normalized spacial score (nSPS) is 26.8. The largest absolute Gasteiger partial charge is 0.328 e. The summed E-state index contributed by atoms with van der Waals surface area (Å²) in [5.41, 5.74) is 7.27. The fourth-order valence-corrected chi connectivity index (χ4v) is 2.93. The lowest BCUT2D eigenvalue weighted by molar-refractivity contribution is 0.322. The molecule has 0 amide bonds. The number of nitrogens with one attached hydrogen (secondary N) is 1. The van der Waals surface area contributed by atoms with E-state index in [1.165, 1.54) is 18.4 Å². The Labute approximate surface area is 112 Å². The van der Waals surface area contributed by atoms with Gasteiger partial charge in [-0.05, 0) is 50.3 Å². The van der Waals surface area contributed by atoms with E-state index in [-0.39, 0.29) is 0 Å². The molecule has 2 rings (SSSR count). The van der Waals surface area contributed by atoms with Crippen LogP contribution in [0.2, 0.25) is 0 Å². The zero-order valence-electron chi connectivity index (χ0n) is 10.3. The molecule has 2 nitrogen and oxygen atoms in total. The average molecular weight is 297 g/mol. The number of hydrogen-bond acceptors (Lipinski definition) is 2. The molecule has 94 valence electrons. The molecule has 1 aliphatic carbocycles. The van der Waals surface area contributed by atoms with Crippen molar-refractivity contribution in [3.05, 3.63) is 34.3 Å². The Bertz CT molecular complexity index is 359. The van der Waals surface area contributed by atoms with Gasteiger partial charge in [-0.15, -0.1) is 0 Å². The van der Waals surface area contributed by atoms with Crippen LogP contribution in [0.5, 0.6) is 0 Å².